The van der Waals surface area contributed by atoms with Crippen LogP contribution < -0.4 is 10.2 Å². The molecule has 0 bridgehead atoms. The molecule has 2 aromatic carbocycles. The highest BCUT2D eigenvalue weighted by Crippen LogP contribution is 2.30. The zero-order valence-corrected chi connectivity index (χ0v) is 15.6. The van der Waals surface area contributed by atoms with E-state index in [4.69, 9.17) is 0 Å². The van der Waals surface area contributed by atoms with Gasteiger partial charge in [-0.3, -0.25) is 4.79 Å². The highest BCUT2D eigenvalue weighted by atomic mass is 19.1. The van der Waals surface area contributed by atoms with Crippen molar-refractivity contribution in [2.75, 3.05) is 18.0 Å². The Morgan fingerprint density at radius 3 is 2.58 bits per heavy atom. The first-order valence-corrected chi connectivity index (χ1v) is 9.48. The van der Waals surface area contributed by atoms with Gasteiger partial charge in [0.1, 0.15) is 5.82 Å². The predicted molar refractivity (Wildman–Crippen MR) is 105 cm³/mol. The Hall–Kier alpha value is -2.20. The molecule has 1 heterocycles. The fraction of sp³-hybridized carbons (Fsp3) is 0.409. The molecule has 1 amide bonds. The van der Waals surface area contributed by atoms with E-state index in [1.54, 1.807) is 11.0 Å². The molecule has 2 aromatic rings. The van der Waals surface area contributed by atoms with E-state index in [-0.39, 0.29) is 11.7 Å². The highest BCUT2D eigenvalue weighted by Gasteiger charge is 2.28. The van der Waals surface area contributed by atoms with E-state index in [0.717, 1.165) is 18.7 Å². The van der Waals surface area contributed by atoms with Crippen LogP contribution in [0.1, 0.15) is 38.7 Å². The molecule has 26 heavy (non-hydrogen) atoms. The van der Waals surface area contributed by atoms with Gasteiger partial charge in [0.25, 0.3) is 0 Å². The van der Waals surface area contributed by atoms with Crippen molar-refractivity contribution >= 4 is 11.6 Å². The lowest BCUT2D eigenvalue weighted by atomic mass is 10.0. The van der Waals surface area contributed by atoms with Crippen LogP contribution in [-0.4, -0.2) is 19.0 Å². The van der Waals surface area contributed by atoms with Crippen LogP contribution in [0.5, 0.6) is 0 Å². The number of rotatable bonds is 7. The molecular formula is C22H27FN2O. The summed E-state index contributed by atoms with van der Waals surface area (Å²) in [7, 11) is 0. The van der Waals surface area contributed by atoms with E-state index in [9.17, 15) is 9.18 Å². The van der Waals surface area contributed by atoms with E-state index in [2.05, 4.69) is 12.2 Å². The zero-order valence-electron chi connectivity index (χ0n) is 15.6. The van der Waals surface area contributed by atoms with Gasteiger partial charge < -0.3 is 10.2 Å². The summed E-state index contributed by atoms with van der Waals surface area (Å²) in [5.74, 6) is 0.108. The van der Waals surface area contributed by atoms with E-state index in [1.165, 1.54) is 24.5 Å². The minimum absolute atomic E-state index is 0.0737. The van der Waals surface area contributed by atoms with Crippen molar-refractivity contribution in [2.24, 2.45) is 5.92 Å². The Bertz CT molecular complexity index is 757. The van der Waals surface area contributed by atoms with Crippen LogP contribution in [-0.2, 0) is 11.3 Å². The minimum atomic E-state index is -0.288. The Morgan fingerprint density at radius 1 is 1.19 bits per heavy atom. The molecule has 3 nitrogen and oxygen atoms in total. The fourth-order valence-corrected chi connectivity index (χ4v) is 3.38. The number of carbonyl (C=O) groups excluding carboxylic acids is 1. The van der Waals surface area contributed by atoms with Crippen LogP contribution >= 0.6 is 0 Å². The van der Waals surface area contributed by atoms with Crippen molar-refractivity contribution in [1.29, 1.82) is 0 Å². The van der Waals surface area contributed by atoms with Crippen molar-refractivity contribution in [1.82, 2.24) is 5.32 Å². The molecule has 0 unspecified atom stereocenters. The van der Waals surface area contributed by atoms with Gasteiger partial charge in [-0.1, -0.05) is 44.5 Å². The third-order valence-corrected chi connectivity index (χ3v) is 4.88. The Kier molecular flexibility index (Phi) is 6.04. The van der Waals surface area contributed by atoms with Crippen LogP contribution in [0.3, 0.4) is 0 Å². The summed E-state index contributed by atoms with van der Waals surface area (Å²) < 4.78 is 14.7. The molecule has 1 aliphatic heterocycles. The number of hydrogen-bond acceptors (Lipinski definition) is 2. The maximum absolute atomic E-state index is 14.7. The van der Waals surface area contributed by atoms with Gasteiger partial charge in [-0.25, -0.2) is 4.39 Å². The molecular weight excluding hydrogens is 327 g/mol. The number of anilines is 1. The number of nitrogens with zero attached hydrogens (tertiary/aromatic N) is 1. The number of benzene rings is 2. The number of amides is 1. The van der Waals surface area contributed by atoms with Crippen LogP contribution in [0.2, 0.25) is 0 Å². The van der Waals surface area contributed by atoms with Gasteiger partial charge in [0.05, 0.1) is 0 Å². The van der Waals surface area contributed by atoms with Gasteiger partial charge in [-0.2, -0.15) is 0 Å². The van der Waals surface area contributed by atoms with Gasteiger partial charge in [0.2, 0.25) is 5.91 Å². The fourth-order valence-electron chi connectivity index (χ4n) is 3.38. The largest absolute Gasteiger partial charge is 0.313 e. The third kappa shape index (κ3) is 4.31. The maximum atomic E-state index is 14.7. The molecule has 0 spiro atoms. The number of hydrogen-bond donors (Lipinski definition) is 1. The smallest absolute Gasteiger partial charge is 0.227 e. The standard InChI is InChI=1S/C22H27FN2O/c1-3-4-11-24-14-17-5-7-18(8-6-17)20-10-9-19(13-21(20)23)25-15-16(2)12-22(25)26/h5-10,13,16,24H,3-4,11-12,14-15H2,1-2H3/t16-/m1/s1. The Labute approximate surface area is 155 Å². The predicted octanol–water partition coefficient (Wildman–Crippen LogP) is 4.76. The van der Waals surface area contributed by atoms with Crippen LogP contribution in [0.15, 0.2) is 42.5 Å². The SMILES string of the molecule is CCCCNCc1ccc(-c2ccc(N3C[C@H](C)CC3=O)cc2F)cc1. The summed E-state index contributed by atoms with van der Waals surface area (Å²) in [6, 6.07) is 13.1. The molecule has 1 saturated heterocycles. The Morgan fingerprint density at radius 2 is 1.96 bits per heavy atom. The quantitative estimate of drug-likeness (QED) is 0.728. The average Bonchev–Trinajstić information content (AvgIpc) is 2.98. The van der Waals surface area contributed by atoms with Crippen molar-refractivity contribution in [3.8, 4) is 11.1 Å². The van der Waals surface area contributed by atoms with Crippen molar-refractivity contribution in [3.63, 3.8) is 0 Å². The lowest BCUT2D eigenvalue weighted by Gasteiger charge is -2.17. The lowest BCUT2D eigenvalue weighted by molar-refractivity contribution is -0.117. The number of halogens is 1. The number of unbranched alkanes of at least 4 members (excludes halogenated alkanes) is 1. The van der Waals surface area contributed by atoms with E-state index in [0.29, 0.717) is 30.1 Å². The molecule has 3 rings (SSSR count). The molecule has 1 aliphatic rings. The third-order valence-electron chi connectivity index (χ3n) is 4.88. The second-order valence-electron chi connectivity index (χ2n) is 7.21. The van der Waals surface area contributed by atoms with E-state index < -0.39 is 0 Å². The maximum Gasteiger partial charge on any atom is 0.227 e. The van der Waals surface area contributed by atoms with Gasteiger partial charge in [0, 0.05) is 30.8 Å². The summed E-state index contributed by atoms with van der Waals surface area (Å²) in [5, 5.41) is 3.41. The Balaban J connectivity index is 1.70. The van der Waals surface area contributed by atoms with Crippen LogP contribution in [0, 0.1) is 11.7 Å². The molecule has 138 valence electrons. The summed E-state index contributed by atoms with van der Waals surface area (Å²) >= 11 is 0. The lowest BCUT2D eigenvalue weighted by Crippen LogP contribution is -2.24. The van der Waals surface area contributed by atoms with E-state index in [1.807, 2.05) is 37.3 Å². The van der Waals surface area contributed by atoms with E-state index >= 15 is 0 Å². The molecule has 1 fully saturated rings. The average molecular weight is 354 g/mol. The summed E-state index contributed by atoms with van der Waals surface area (Å²) in [4.78, 5) is 13.7. The molecule has 0 saturated carbocycles. The molecule has 1 N–H and O–H groups in total. The van der Waals surface area contributed by atoms with Crippen LogP contribution in [0.25, 0.3) is 11.1 Å². The first-order valence-electron chi connectivity index (χ1n) is 9.48. The van der Waals surface area contributed by atoms with Gasteiger partial charge in [-0.15, -0.1) is 0 Å². The normalized spacial score (nSPS) is 17.1. The van der Waals surface area contributed by atoms with Gasteiger partial charge in [0.15, 0.2) is 0 Å². The summed E-state index contributed by atoms with van der Waals surface area (Å²) in [6.07, 6.45) is 2.90. The van der Waals surface area contributed by atoms with Crippen molar-refractivity contribution < 1.29 is 9.18 Å². The molecule has 4 heteroatoms. The molecule has 0 aliphatic carbocycles. The second-order valence-corrected chi connectivity index (χ2v) is 7.21. The van der Waals surface area contributed by atoms with Crippen molar-refractivity contribution in [2.45, 2.75) is 39.7 Å². The minimum Gasteiger partial charge on any atom is -0.313 e. The number of nitrogens with one attached hydrogen (secondary N) is 1. The molecule has 1 atom stereocenters. The van der Waals surface area contributed by atoms with Crippen LogP contribution in [0.4, 0.5) is 10.1 Å². The number of carbonyl (C=O) groups is 1. The second kappa shape index (κ2) is 8.45. The molecule has 0 radical (unpaired) electrons. The summed E-state index contributed by atoms with van der Waals surface area (Å²) in [5.41, 5.74) is 3.27. The zero-order chi connectivity index (χ0) is 18.5. The molecule has 0 aromatic heterocycles. The van der Waals surface area contributed by atoms with Gasteiger partial charge >= 0.3 is 0 Å². The van der Waals surface area contributed by atoms with Crippen molar-refractivity contribution in [3.05, 3.63) is 53.8 Å². The monoisotopic (exact) mass is 354 g/mol. The summed E-state index contributed by atoms with van der Waals surface area (Å²) in [6.45, 7) is 6.73. The highest BCUT2D eigenvalue weighted by molar-refractivity contribution is 5.95. The topological polar surface area (TPSA) is 32.3 Å². The first-order chi connectivity index (χ1) is 12.6. The van der Waals surface area contributed by atoms with Gasteiger partial charge in [-0.05, 0) is 48.2 Å². The first kappa shape index (κ1) is 18.6.